The van der Waals surface area contributed by atoms with Gasteiger partial charge in [0.25, 0.3) is 0 Å². The lowest BCUT2D eigenvalue weighted by atomic mass is 9.91. The van der Waals surface area contributed by atoms with Crippen LogP contribution in [0.3, 0.4) is 0 Å². The van der Waals surface area contributed by atoms with E-state index in [1.54, 1.807) is 7.11 Å². The predicted octanol–water partition coefficient (Wildman–Crippen LogP) is 3.61. The van der Waals surface area contributed by atoms with Gasteiger partial charge in [-0.15, -0.1) is 0 Å². The molecule has 19 heavy (non-hydrogen) atoms. The maximum atomic E-state index is 10.3. The zero-order valence-electron chi connectivity index (χ0n) is 11.4. The molecule has 0 aliphatic heterocycles. The first kappa shape index (κ1) is 13.6. The average Bonchev–Trinajstić information content (AvgIpc) is 2.47. The summed E-state index contributed by atoms with van der Waals surface area (Å²) in [6.07, 6.45) is 0.389. The van der Waals surface area contributed by atoms with Gasteiger partial charge in [0.2, 0.25) is 0 Å². The number of hydrogen-bond acceptors (Lipinski definition) is 2. The Bertz CT molecular complexity index is 508. The number of methoxy groups -OCH3 is 1. The van der Waals surface area contributed by atoms with Crippen LogP contribution >= 0.6 is 0 Å². The molecule has 0 bridgehead atoms. The van der Waals surface area contributed by atoms with Gasteiger partial charge < -0.3 is 9.84 Å². The summed E-state index contributed by atoms with van der Waals surface area (Å²) in [7, 11) is 1.67. The fourth-order valence-corrected chi connectivity index (χ4v) is 2.26. The monoisotopic (exact) mass is 256 g/mol. The molecule has 2 atom stereocenters. The van der Waals surface area contributed by atoms with Gasteiger partial charge in [-0.2, -0.15) is 0 Å². The van der Waals surface area contributed by atoms with Crippen LogP contribution in [0.25, 0.3) is 0 Å². The molecule has 0 aromatic heterocycles. The van der Waals surface area contributed by atoms with Gasteiger partial charge in [0.1, 0.15) is 5.75 Å². The number of hydrogen-bond donors (Lipinski definition) is 1. The van der Waals surface area contributed by atoms with Gasteiger partial charge in [-0.1, -0.05) is 49.4 Å². The number of ether oxygens (including phenoxy) is 1. The summed E-state index contributed by atoms with van der Waals surface area (Å²) in [6, 6.07) is 17.8. The van der Waals surface area contributed by atoms with Gasteiger partial charge in [0.05, 0.1) is 13.2 Å². The van der Waals surface area contributed by atoms with Gasteiger partial charge in [-0.3, -0.25) is 0 Å². The molecule has 0 amide bonds. The largest absolute Gasteiger partial charge is 0.497 e. The molecule has 0 radical (unpaired) electrons. The predicted molar refractivity (Wildman–Crippen MR) is 77.3 cm³/mol. The Balaban J connectivity index is 2.06. The summed E-state index contributed by atoms with van der Waals surface area (Å²) in [4.78, 5) is 0. The minimum Gasteiger partial charge on any atom is -0.497 e. The van der Waals surface area contributed by atoms with Gasteiger partial charge in [-0.05, 0) is 35.6 Å². The van der Waals surface area contributed by atoms with Crippen molar-refractivity contribution in [3.63, 3.8) is 0 Å². The van der Waals surface area contributed by atoms with E-state index in [1.165, 1.54) is 5.56 Å². The molecule has 0 saturated carbocycles. The molecule has 2 unspecified atom stereocenters. The quantitative estimate of drug-likeness (QED) is 0.885. The normalized spacial score (nSPS) is 13.8. The fraction of sp³-hybridized carbons (Fsp3) is 0.294. The highest BCUT2D eigenvalue weighted by Crippen LogP contribution is 2.25. The molecule has 1 N–H and O–H groups in total. The third kappa shape index (κ3) is 3.58. The van der Waals surface area contributed by atoms with E-state index in [2.05, 4.69) is 13.0 Å². The van der Waals surface area contributed by atoms with E-state index in [4.69, 9.17) is 4.74 Å². The first-order chi connectivity index (χ1) is 9.20. The van der Waals surface area contributed by atoms with E-state index >= 15 is 0 Å². The molecular weight excluding hydrogens is 236 g/mol. The van der Waals surface area contributed by atoms with Gasteiger partial charge in [0.15, 0.2) is 0 Å². The minimum atomic E-state index is -0.438. The smallest absolute Gasteiger partial charge is 0.119 e. The summed E-state index contributed by atoms with van der Waals surface area (Å²) in [6.45, 7) is 2.07. The average molecular weight is 256 g/mol. The van der Waals surface area contributed by atoms with E-state index in [-0.39, 0.29) is 5.92 Å². The summed E-state index contributed by atoms with van der Waals surface area (Å²) in [5.74, 6) is 1.02. The van der Waals surface area contributed by atoms with Gasteiger partial charge in [-0.25, -0.2) is 0 Å². The van der Waals surface area contributed by atoms with E-state index in [0.29, 0.717) is 0 Å². The molecule has 0 saturated heterocycles. The first-order valence-corrected chi connectivity index (χ1v) is 6.56. The molecule has 0 aliphatic carbocycles. The van der Waals surface area contributed by atoms with Crippen molar-refractivity contribution < 1.29 is 9.84 Å². The van der Waals surface area contributed by atoms with Crippen LogP contribution in [-0.4, -0.2) is 12.2 Å². The molecule has 0 fully saturated rings. The van der Waals surface area contributed by atoms with Crippen molar-refractivity contribution in [2.75, 3.05) is 7.11 Å². The van der Waals surface area contributed by atoms with E-state index in [0.717, 1.165) is 17.7 Å². The van der Waals surface area contributed by atoms with Crippen LogP contribution in [-0.2, 0) is 6.42 Å². The lowest BCUT2D eigenvalue weighted by Crippen LogP contribution is -2.11. The Morgan fingerprint density at radius 3 is 2.47 bits per heavy atom. The molecule has 2 aromatic rings. The van der Waals surface area contributed by atoms with Crippen LogP contribution in [0, 0.1) is 5.92 Å². The molecular formula is C17H20O2. The molecule has 0 aliphatic rings. The second-order valence-electron chi connectivity index (χ2n) is 4.89. The van der Waals surface area contributed by atoms with E-state index in [9.17, 15) is 5.11 Å². The van der Waals surface area contributed by atoms with Crippen molar-refractivity contribution in [1.29, 1.82) is 0 Å². The Labute approximate surface area is 114 Å². The van der Waals surface area contributed by atoms with Crippen molar-refractivity contribution in [3.05, 3.63) is 65.7 Å². The zero-order valence-corrected chi connectivity index (χ0v) is 11.4. The summed E-state index contributed by atoms with van der Waals surface area (Å²) >= 11 is 0. The number of benzene rings is 2. The Morgan fingerprint density at radius 2 is 1.79 bits per heavy atom. The topological polar surface area (TPSA) is 29.5 Å². The van der Waals surface area contributed by atoms with Crippen LogP contribution < -0.4 is 4.74 Å². The van der Waals surface area contributed by atoms with E-state index < -0.39 is 6.10 Å². The van der Waals surface area contributed by atoms with Crippen molar-refractivity contribution in [3.8, 4) is 5.75 Å². The minimum absolute atomic E-state index is 0.162. The highest BCUT2D eigenvalue weighted by molar-refractivity contribution is 5.29. The molecule has 2 nitrogen and oxygen atoms in total. The lowest BCUT2D eigenvalue weighted by Gasteiger charge is -2.19. The highest BCUT2D eigenvalue weighted by Gasteiger charge is 2.16. The molecule has 2 heteroatoms. The first-order valence-electron chi connectivity index (χ1n) is 6.56. The maximum Gasteiger partial charge on any atom is 0.119 e. The van der Waals surface area contributed by atoms with Crippen molar-refractivity contribution in [1.82, 2.24) is 0 Å². The fourth-order valence-electron chi connectivity index (χ4n) is 2.26. The van der Waals surface area contributed by atoms with Crippen molar-refractivity contribution in [2.24, 2.45) is 5.92 Å². The van der Waals surface area contributed by atoms with E-state index in [1.807, 2.05) is 48.5 Å². The lowest BCUT2D eigenvalue weighted by molar-refractivity contribution is 0.117. The Morgan fingerprint density at radius 1 is 1.05 bits per heavy atom. The van der Waals surface area contributed by atoms with Crippen LogP contribution in [0.4, 0.5) is 0 Å². The second kappa shape index (κ2) is 6.39. The van der Waals surface area contributed by atoms with Crippen molar-refractivity contribution >= 4 is 0 Å². The molecule has 2 aromatic carbocycles. The maximum absolute atomic E-state index is 10.3. The van der Waals surface area contributed by atoms with Crippen LogP contribution in [0.2, 0.25) is 0 Å². The van der Waals surface area contributed by atoms with Crippen LogP contribution in [0.5, 0.6) is 5.75 Å². The molecule has 2 rings (SSSR count). The summed E-state index contributed by atoms with van der Waals surface area (Å²) in [5, 5.41) is 10.3. The SMILES string of the molecule is COc1cccc(CC(C)C(O)c2ccccc2)c1. The summed E-state index contributed by atoms with van der Waals surface area (Å²) in [5.41, 5.74) is 2.15. The van der Waals surface area contributed by atoms with Gasteiger partial charge >= 0.3 is 0 Å². The molecule has 0 heterocycles. The molecule has 100 valence electrons. The van der Waals surface area contributed by atoms with Crippen LogP contribution in [0.1, 0.15) is 24.2 Å². The third-order valence-corrected chi connectivity index (χ3v) is 3.37. The standard InChI is InChI=1S/C17H20O2/c1-13(17(18)15-8-4-3-5-9-15)11-14-7-6-10-16(12-14)19-2/h3-10,12-13,17-18H,11H2,1-2H3. The second-order valence-corrected chi connectivity index (χ2v) is 4.89. The molecule has 0 spiro atoms. The number of aliphatic hydroxyl groups is 1. The number of aliphatic hydroxyl groups excluding tert-OH is 1. The number of rotatable bonds is 5. The Kier molecular flexibility index (Phi) is 4.58. The zero-order chi connectivity index (χ0) is 13.7. The van der Waals surface area contributed by atoms with Crippen LogP contribution in [0.15, 0.2) is 54.6 Å². The summed E-state index contributed by atoms with van der Waals surface area (Å²) < 4.78 is 5.22. The van der Waals surface area contributed by atoms with Crippen molar-refractivity contribution in [2.45, 2.75) is 19.4 Å². The Hall–Kier alpha value is -1.80. The third-order valence-electron chi connectivity index (χ3n) is 3.37. The van der Waals surface area contributed by atoms with Gasteiger partial charge in [0, 0.05) is 0 Å². The highest BCUT2D eigenvalue weighted by atomic mass is 16.5.